The number of aryl methyl sites for hydroxylation is 1. The monoisotopic (exact) mass is 527 g/mol. The Morgan fingerprint density at radius 1 is 1.31 bits per heavy atom. The number of likely N-dealkylation sites (N-methyl/N-ethyl adjacent to an activating group) is 1. The number of aromatic nitrogens is 4. The summed E-state index contributed by atoms with van der Waals surface area (Å²) in [6, 6.07) is 2.82. The van der Waals surface area contributed by atoms with Crippen LogP contribution in [0.1, 0.15) is 0 Å². The summed E-state index contributed by atoms with van der Waals surface area (Å²) in [4.78, 5) is 24.6. The minimum absolute atomic E-state index is 0.0592. The number of nitrogens with one attached hydrogen (secondary N) is 2. The number of aliphatic hydroxyl groups excluding tert-OH is 1. The number of hydrogen-bond acceptors (Lipinski definition) is 8. The molecule has 190 valence electrons. The summed E-state index contributed by atoms with van der Waals surface area (Å²) >= 11 is 6.52. The van der Waals surface area contributed by atoms with Crippen molar-refractivity contribution in [1.29, 1.82) is 0 Å². The quantitative estimate of drug-likeness (QED) is 0.415. The average molecular weight is 528 g/mol. The molecule has 1 atom stereocenters. The van der Waals surface area contributed by atoms with Gasteiger partial charge in [0.25, 0.3) is 5.91 Å². The van der Waals surface area contributed by atoms with Crippen molar-refractivity contribution in [2.24, 2.45) is 7.05 Å². The van der Waals surface area contributed by atoms with E-state index in [1.54, 1.807) is 7.05 Å². The summed E-state index contributed by atoms with van der Waals surface area (Å²) in [5.74, 6) is -0.431. The first kappa shape index (κ1) is 25.2. The molecule has 0 spiro atoms. The van der Waals surface area contributed by atoms with E-state index in [2.05, 4.69) is 25.6 Å². The van der Waals surface area contributed by atoms with E-state index >= 15 is 0 Å². The second kappa shape index (κ2) is 9.62. The summed E-state index contributed by atoms with van der Waals surface area (Å²) in [6.45, 7) is -1.21. The Hall–Kier alpha value is -3.91. The molecule has 3 aromatic heterocycles. The van der Waals surface area contributed by atoms with Gasteiger partial charge in [-0.3, -0.25) is 4.79 Å². The second-order valence-electron chi connectivity index (χ2n) is 7.61. The normalized spacial score (nSPS) is 16.0. The molecule has 4 rings (SSSR count). The number of aliphatic hydroxyl groups is 1. The Kier molecular flexibility index (Phi) is 6.73. The van der Waals surface area contributed by atoms with Gasteiger partial charge >= 0.3 is 6.18 Å². The van der Waals surface area contributed by atoms with Crippen molar-refractivity contribution in [3.63, 3.8) is 0 Å². The number of hydrogen-bond donors (Lipinski definition) is 3. The SMILES string of the molecule is CN1C=C(C(F)(F)F)C=C(Nc2nc3ncc(Oc4ccnc(NC(=O)CF)c4)c(Cl)c3n2C)C1O. The first-order valence-corrected chi connectivity index (χ1v) is 10.5. The molecule has 10 nitrogen and oxygen atoms in total. The number of carbonyl (C=O) groups is 1. The van der Waals surface area contributed by atoms with Crippen molar-refractivity contribution in [3.05, 3.63) is 53.1 Å². The van der Waals surface area contributed by atoms with Crippen molar-refractivity contribution in [2.45, 2.75) is 12.4 Å². The Bertz CT molecular complexity index is 1390. The highest BCUT2D eigenvalue weighted by Crippen LogP contribution is 2.36. The molecular formula is C21H18ClF4N7O3. The third kappa shape index (κ3) is 5.04. The minimum atomic E-state index is -4.62. The number of ether oxygens (including phenoxy) is 1. The van der Waals surface area contributed by atoms with Gasteiger partial charge in [0.05, 0.1) is 17.5 Å². The summed E-state index contributed by atoms with van der Waals surface area (Å²) in [5.41, 5.74) is -0.655. The van der Waals surface area contributed by atoms with Crippen LogP contribution in [0.5, 0.6) is 11.5 Å². The molecule has 1 amide bonds. The van der Waals surface area contributed by atoms with E-state index in [9.17, 15) is 27.5 Å². The lowest BCUT2D eigenvalue weighted by Crippen LogP contribution is -2.36. The zero-order valence-electron chi connectivity index (χ0n) is 18.6. The van der Waals surface area contributed by atoms with Crippen molar-refractivity contribution in [1.82, 2.24) is 24.4 Å². The molecule has 0 fully saturated rings. The van der Waals surface area contributed by atoms with Crippen molar-refractivity contribution in [3.8, 4) is 11.5 Å². The van der Waals surface area contributed by atoms with Crippen molar-refractivity contribution in [2.75, 3.05) is 24.4 Å². The van der Waals surface area contributed by atoms with Crippen LogP contribution in [0.25, 0.3) is 11.2 Å². The van der Waals surface area contributed by atoms with Gasteiger partial charge in [0.1, 0.15) is 22.1 Å². The Labute approximate surface area is 205 Å². The molecule has 3 N–H and O–H groups in total. The lowest BCUT2D eigenvalue weighted by molar-refractivity contribution is -0.117. The standard InChI is InChI=1S/C21H18ClF4N7O3/c1-32-9-10(21(24,25)26)5-12(19(32)35)29-20-31-18-17(33(20)2)16(22)13(8-28-18)36-11-3-4-27-14(6-11)30-15(34)7-23/h3-6,8-9,19,35H,7H2,1-2H3,(H,27,30,34)(H,28,29,31). The van der Waals surface area contributed by atoms with Crippen LogP contribution in [-0.2, 0) is 11.8 Å². The first-order valence-electron chi connectivity index (χ1n) is 10.2. The minimum Gasteiger partial charge on any atom is -0.454 e. The largest absolute Gasteiger partial charge is 0.454 e. The molecule has 36 heavy (non-hydrogen) atoms. The maximum atomic E-state index is 13.2. The second-order valence-corrected chi connectivity index (χ2v) is 7.99. The van der Waals surface area contributed by atoms with Crippen LogP contribution < -0.4 is 15.4 Å². The lowest BCUT2D eigenvalue weighted by Gasteiger charge is -2.30. The number of nitrogens with zero attached hydrogens (tertiary/aromatic N) is 5. The summed E-state index contributed by atoms with van der Waals surface area (Å²) in [7, 11) is 2.85. The molecule has 0 aliphatic carbocycles. The highest BCUT2D eigenvalue weighted by Gasteiger charge is 2.36. The Morgan fingerprint density at radius 2 is 2.06 bits per heavy atom. The molecule has 15 heteroatoms. The topological polar surface area (TPSA) is 117 Å². The van der Waals surface area contributed by atoms with Crippen LogP contribution in [0.15, 0.2) is 48.1 Å². The summed E-state index contributed by atoms with van der Waals surface area (Å²) in [6.07, 6.45) is -1.80. The number of anilines is 2. The third-order valence-electron chi connectivity index (χ3n) is 5.05. The average Bonchev–Trinajstić information content (AvgIpc) is 3.13. The predicted octanol–water partition coefficient (Wildman–Crippen LogP) is 3.72. The molecule has 0 radical (unpaired) electrons. The van der Waals surface area contributed by atoms with Crippen LogP contribution in [0, 0.1) is 0 Å². The van der Waals surface area contributed by atoms with E-state index in [0.717, 1.165) is 17.2 Å². The number of pyridine rings is 2. The molecule has 0 bridgehead atoms. The number of fused-ring (bicyclic) bond motifs is 1. The molecule has 1 aliphatic heterocycles. The van der Waals surface area contributed by atoms with E-state index in [0.29, 0.717) is 5.52 Å². The van der Waals surface area contributed by atoms with Crippen LogP contribution in [-0.4, -0.2) is 61.6 Å². The highest BCUT2D eigenvalue weighted by atomic mass is 35.5. The van der Waals surface area contributed by atoms with Gasteiger partial charge < -0.3 is 29.9 Å². The molecule has 0 aromatic carbocycles. The Balaban J connectivity index is 1.63. The third-order valence-corrected chi connectivity index (χ3v) is 5.42. The zero-order valence-corrected chi connectivity index (χ0v) is 19.4. The van der Waals surface area contributed by atoms with Gasteiger partial charge in [-0.25, -0.2) is 14.4 Å². The van der Waals surface area contributed by atoms with Gasteiger partial charge in [0.15, 0.2) is 24.3 Å². The molecule has 3 aromatic rings. The van der Waals surface area contributed by atoms with E-state index in [1.807, 2.05) is 0 Å². The molecular weight excluding hydrogens is 510 g/mol. The summed E-state index contributed by atoms with van der Waals surface area (Å²) < 4.78 is 59.3. The first-order chi connectivity index (χ1) is 17.0. The van der Waals surface area contributed by atoms with Crippen molar-refractivity contribution < 1.29 is 32.2 Å². The van der Waals surface area contributed by atoms with Crippen molar-refractivity contribution >= 4 is 40.4 Å². The Morgan fingerprint density at radius 3 is 2.75 bits per heavy atom. The van der Waals surface area contributed by atoms with Gasteiger partial charge in [-0.2, -0.15) is 18.2 Å². The zero-order chi connectivity index (χ0) is 26.2. The van der Waals surface area contributed by atoms with Crippen LogP contribution in [0.3, 0.4) is 0 Å². The highest BCUT2D eigenvalue weighted by molar-refractivity contribution is 6.36. The van der Waals surface area contributed by atoms with Crippen LogP contribution in [0.2, 0.25) is 5.02 Å². The van der Waals surface area contributed by atoms with E-state index in [-0.39, 0.29) is 39.6 Å². The number of carbonyl (C=O) groups excluding carboxylic acids is 1. The maximum Gasteiger partial charge on any atom is 0.417 e. The van der Waals surface area contributed by atoms with Gasteiger partial charge in [-0.15, -0.1) is 0 Å². The van der Waals surface area contributed by atoms with Crippen LogP contribution in [0.4, 0.5) is 29.3 Å². The van der Waals surface area contributed by atoms with Gasteiger partial charge in [-0.05, 0) is 12.1 Å². The number of halogens is 5. The van der Waals surface area contributed by atoms with Gasteiger partial charge in [-0.1, -0.05) is 11.6 Å². The number of rotatable bonds is 6. The number of amides is 1. The fourth-order valence-corrected chi connectivity index (χ4v) is 3.61. The molecule has 1 unspecified atom stereocenters. The molecule has 1 aliphatic rings. The van der Waals surface area contributed by atoms with E-state index in [4.69, 9.17) is 16.3 Å². The van der Waals surface area contributed by atoms with Gasteiger partial charge in [0, 0.05) is 32.6 Å². The van der Waals surface area contributed by atoms with Gasteiger partial charge in [0.2, 0.25) is 5.95 Å². The lowest BCUT2D eigenvalue weighted by atomic mass is 10.1. The molecule has 0 saturated heterocycles. The van der Waals surface area contributed by atoms with E-state index < -0.39 is 30.6 Å². The smallest absolute Gasteiger partial charge is 0.417 e. The summed E-state index contributed by atoms with van der Waals surface area (Å²) in [5, 5.41) is 15.4. The predicted molar refractivity (Wildman–Crippen MR) is 122 cm³/mol. The molecule has 4 heterocycles. The maximum absolute atomic E-state index is 13.2. The number of imidazole rings is 1. The van der Waals surface area contributed by atoms with E-state index in [1.165, 1.54) is 36.1 Å². The fourth-order valence-electron chi connectivity index (χ4n) is 3.32. The van der Waals surface area contributed by atoms with Crippen LogP contribution >= 0.6 is 11.6 Å². The molecule has 0 saturated carbocycles. The fraction of sp³-hybridized carbons (Fsp3) is 0.238. The number of alkyl halides is 4. The number of allylic oxidation sites excluding steroid dienone is 2.